The van der Waals surface area contributed by atoms with Crippen LogP contribution >= 0.6 is 0 Å². The average molecular weight is 385 g/mol. The van der Waals surface area contributed by atoms with Crippen molar-refractivity contribution in [3.8, 4) is 5.75 Å². The van der Waals surface area contributed by atoms with Gasteiger partial charge in [-0.25, -0.2) is 13.1 Å². The molecule has 0 bridgehead atoms. The lowest BCUT2D eigenvalue weighted by atomic mass is 10.1. The number of methoxy groups -OCH3 is 1. The van der Waals surface area contributed by atoms with Crippen LogP contribution in [0.4, 0.5) is 0 Å². The normalized spacial score (nSPS) is 12.8. The van der Waals surface area contributed by atoms with Crippen LogP contribution in [0.2, 0.25) is 0 Å². The van der Waals surface area contributed by atoms with Crippen LogP contribution in [0, 0.1) is 6.92 Å². The molecule has 1 aromatic rings. The minimum Gasteiger partial charge on any atom is -0.496 e. The molecule has 0 fully saturated rings. The number of aryl methyl sites for hydroxylation is 1. The zero-order valence-electron chi connectivity index (χ0n) is 16.6. The second-order valence-corrected chi connectivity index (χ2v) is 8.68. The summed E-state index contributed by atoms with van der Waals surface area (Å²) in [6.45, 7) is 9.38. The van der Waals surface area contributed by atoms with Crippen LogP contribution in [0.15, 0.2) is 23.2 Å². The van der Waals surface area contributed by atoms with Crippen molar-refractivity contribution in [1.82, 2.24) is 15.4 Å². The Morgan fingerprint density at radius 2 is 1.96 bits per heavy atom. The molecule has 0 spiro atoms. The van der Waals surface area contributed by atoms with Crippen LogP contribution in [-0.2, 0) is 16.4 Å². The van der Waals surface area contributed by atoms with Gasteiger partial charge in [0.15, 0.2) is 5.96 Å². The summed E-state index contributed by atoms with van der Waals surface area (Å²) in [4.78, 5) is 4.49. The first-order chi connectivity index (χ1) is 12.1. The van der Waals surface area contributed by atoms with Crippen LogP contribution in [-0.4, -0.2) is 52.9 Å². The summed E-state index contributed by atoms with van der Waals surface area (Å²) in [5, 5.41) is 6.45. The van der Waals surface area contributed by atoms with Crippen molar-refractivity contribution in [3.05, 3.63) is 29.3 Å². The van der Waals surface area contributed by atoms with Gasteiger partial charge in [0.2, 0.25) is 10.0 Å². The summed E-state index contributed by atoms with van der Waals surface area (Å²) >= 11 is 0. The van der Waals surface area contributed by atoms with Crippen molar-refractivity contribution >= 4 is 16.0 Å². The Hall–Kier alpha value is -1.80. The summed E-state index contributed by atoms with van der Waals surface area (Å²) < 4.78 is 30.8. The van der Waals surface area contributed by atoms with Crippen LogP contribution in [0.5, 0.6) is 5.75 Å². The van der Waals surface area contributed by atoms with Gasteiger partial charge in [-0.05, 0) is 51.3 Å². The SMILES string of the molecule is CCNC(=NCC(C)(C)NS(C)(=O)=O)NCCc1ccc(C)c(OC)c1. The van der Waals surface area contributed by atoms with Gasteiger partial charge >= 0.3 is 0 Å². The zero-order valence-corrected chi connectivity index (χ0v) is 17.5. The molecule has 0 atom stereocenters. The molecule has 0 saturated heterocycles. The van der Waals surface area contributed by atoms with Gasteiger partial charge in [-0.2, -0.15) is 0 Å². The van der Waals surface area contributed by atoms with E-state index in [9.17, 15) is 8.42 Å². The van der Waals surface area contributed by atoms with Gasteiger partial charge in [0.05, 0.1) is 19.9 Å². The van der Waals surface area contributed by atoms with Crippen molar-refractivity contribution in [3.63, 3.8) is 0 Å². The predicted molar refractivity (Wildman–Crippen MR) is 107 cm³/mol. The number of ether oxygens (including phenoxy) is 1. The molecule has 0 aliphatic carbocycles. The molecule has 8 heteroatoms. The molecule has 0 unspecified atom stereocenters. The smallest absolute Gasteiger partial charge is 0.209 e. The van der Waals surface area contributed by atoms with E-state index >= 15 is 0 Å². The minimum atomic E-state index is -3.28. The van der Waals surface area contributed by atoms with Gasteiger partial charge in [0, 0.05) is 18.6 Å². The summed E-state index contributed by atoms with van der Waals surface area (Å²) in [5.41, 5.74) is 1.63. The van der Waals surface area contributed by atoms with E-state index in [0.717, 1.165) is 30.5 Å². The van der Waals surface area contributed by atoms with E-state index in [-0.39, 0.29) is 0 Å². The van der Waals surface area contributed by atoms with Gasteiger partial charge in [-0.3, -0.25) is 4.99 Å². The Labute approximate surface area is 157 Å². The lowest BCUT2D eigenvalue weighted by Gasteiger charge is -2.23. The van der Waals surface area contributed by atoms with Crippen LogP contribution in [0.25, 0.3) is 0 Å². The summed E-state index contributed by atoms with van der Waals surface area (Å²) in [6, 6.07) is 6.18. The van der Waals surface area contributed by atoms with E-state index in [4.69, 9.17) is 4.74 Å². The van der Waals surface area contributed by atoms with Crippen molar-refractivity contribution in [1.29, 1.82) is 0 Å². The average Bonchev–Trinajstić information content (AvgIpc) is 2.52. The van der Waals surface area contributed by atoms with Gasteiger partial charge in [-0.15, -0.1) is 0 Å². The van der Waals surface area contributed by atoms with Crippen LogP contribution in [0.1, 0.15) is 31.9 Å². The van der Waals surface area contributed by atoms with Gasteiger partial charge in [0.25, 0.3) is 0 Å². The molecule has 0 heterocycles. The lowest BCUT2D eigenvalue weighted by Crippen LogP contribution is -2.47. The number of aliphatic imine (C=N–C) groups is 1. The molecule has 26 heavy (non-hydrogen) atoms. The first kappa shape index (κ1) is 22.2. The Morgan fingerprint density at radius 1 is 1.27 bits per heavy atom. The molecule has 0 aliphatic rings. The van der Waals surface area contributed by atoms with Gasteiger partial charge in [0.1, 0.15) is 5.75 Å². The highest BCUT2D eigenvalue weighted by molar-refractivity contribution is 7.88. The van der Waals surface area contributed by atoms with E-state index in [1.54, 1.807) is 21.0 Å². The van der Waals surface area contributed by atoms with Crippen molar-refractivity contribution in [2.75, 3.05) is 33.0 Å². The summed E-state index contributed by atoms with van der Waals surface area (Å²) in [5.74, 6) is 1.55. The lowest BCUT2D eigenvalue weighted by molar-refractivity contribution is 0.411. The van der Waals surface area contributed by atoms with Crippen LogP contribution in [0.3, 0.4) is 0 Å². The Balaban J connectivity index is 2.65. The summed E-state index contributed by atoms with van der Waals surface area (Å²) in [7, 11) is -1.60. The third-order valence-corrected chi connectivity index (χ3v) is 4.54. The number of rotatable bonds is 9. The van der Waals surface area contributed by atoms with Crippen molar-refractivity contribution in [2.24, 2.45) is 4.99 Å². The molecule has 7 nitrogen and oxygen atoms in total. The monoisotopic (exact) mass is 384 g/mol. The molecule has 0 saturated carbocycles. The number of nitrogens with one attached hydrogen (secondary N) is 3. The molecule has 0 radical (unpaired) electrons. The number of benzene rings is 1. The first-order valence-corrected chi connectivity index (χ1v) is 10.6. The number of guanidine groups is 1. The van der Waals surface area contributed by atoms with E-state index < -0.39 is 15.6 Å². The molecule has 3 N–H and O–H groups in total. The first-order valence-electron chi connectivity index (χ1n) is 8.71. The highest BCUT2D eigenvalue weighted by Gasteiger charge is 2.21. The third-order valence-electron chi connectivity index (χ3n) is 3.62. The summed E-state index contributed by atoms with van der Waals surface area (Å²) in [6.07, 6.45) is 1.98. The highest BCUT2D eigenvalue weighted by Crippen LogP contribution is 2.18. The number of nitrogens with zero attached hydrogens (tertiary/aromatic N) is 1. The molecule has 0 aliphatic heterocycles. The van der Waals surface area contributed by atoms with Crippen molar-refractivity contribution in [2.45, 2.75) is 39.7 Å². The quantitative estimate of drug-likeness (QED) is 0.442. The molecule has 1 aromatic carbocycles. The Kier molecular flexibility index (Phi) is 8.36. The largest absolute Gasteiger partial charge is 0.496 e. The van der Waals surface area contributed by atoms with Crippen molar-refractivity contribution < 1.29 is 13.2 Å². The van der Waals surface area contributed by atoms with Gasteiger partial charge < -0.3 is 15.4 Å². The topological polar surface area (TPSA) is 91.8 Å². The van der Waals surface area contributed by atoms with Crippen LogP contribution < -0.4 is 20.1 Å². The minimum absolute atomic E-state index is 0.327. The molecular weight excluding hydrogens is 352 g/mol. The fourth-order valence-corrected chi connectivity index (χ4v) is 3.57. The highest BCUT2D eigenvalue weighted by atomic mass is 32.2. The number of hydrogen-bond donors (Lipinski definition) is 3. The Morgan fingerprint density at radius 3 is 2.54 bits per heavy atom. The van der Waals surface area contributed by atoms with Gasteiger partial charge in [-0.1, -0.05) is 12.1 Å². The van der Waals surface area contributed by atoms with E-state index in [0.29, 0.717) is 19.0 Å². The Bertz CT molecular complexity index is 715. The fraction of sp³-hybridized carbons (Fsp3) is 0.611. The molecule has 0 amide bonds. The van der Waals surface area contributed by atoms with E-state index in [1.807, 2.05) is 26.0 Å². The van der Waals surface area contributed by atoms with E-state index in [1.165, 1.54) is 5.56 Å². The number of hydrogen-bond acceptors (Lipinski definition) is 4. The second kappa shape index (κ2) is 9.78. The fourth-order valence-electron chi connectivity index (χ4n) is 2.50. The standard InChI is InChI=1S/C18H32N4O3S/c1-7-19-17(21-13-18(3,4)22-26(6,23)24)20-11-10-15-9-8-14(2)16(12-15)25-5/h8-9,12,22H,7,10-11,13H2,1-6H3,(H2,19,20,21). The maximum atomic E-state index is 11.4. The number of sulfonamides is 1. The predicted octanol–water partition coefficient (Wildman–Crippen LogP) is 1.43. The maximum absolute atomic E-state index is 11.4. The molecular formula is C18H32N4O3S. The third kappa shape index (κ3) is 8.53. The maximum Gasteiger partial charge on any atom is 0.209 e. The van der Waals surface area contributed by atoms with E-state index in [2.05, 4.69) is 26.4 Å². The molecule has 0 aromatic heterocycles. The molecule has 148 valence electrons. The second-order valence-electron chi connectivity index (χ2n) is 6.93. The zero-order chi connectivity index (χ0) is 19.8. The molecule has 1 rings (SSSR count).